The largest absolute Gasteiger partial charge is 0.322 e. The van der Waals surface area contributed by atoms with E-state index in [1.54, 1.807) is 47.0 Å². The number of nitrogens with one attached hydrogen (secondary N) is 1. The van der Waals surface area contributed by atoms with Gasteiger partial charge in [0.2, 0.25) is 0 Å². The van der Waals surface area contributed by atoms with E-state index in [2.05, 4.69) is 20.6 Å². The summed E-state index contributed by atoms with van der Waals surface area (Å²) in [5, 5.41) is 15.6. The van der Waals surface area contributed by atoms with Crippen LogP contribution < -0.4 is 5.32 Å². The first-order chi connectivity index (χ1) is 16.5. The number of anilines is 1. The first-order valence-electron chi connectivity index (χ1n) is 10.8. The van der Waals surface area contributed by atoms with Crippen molar-refractivity contribution in [3.63, 3.8) is 0 Å². The molecule has 0 unspecified atom stereocenters. The summed E-state index contributed by atoms with van der Waals surface area (Å²) < 4.78 is 1.67. The second-order valence-electron chi connectivity index (χ2n) is 8.01. The van der Waals surface area contributed by atoms with E-state index < -0.39 is 0 Å². The third kappa shape index (κ3) is 4.06. The number of ketones is 1. The fraction of sp³-hybridized carbons (Fsp3) is 0.0741. The van der Waals surface area contributed by atoms with Gasteiger partial charge in [-0.3, -0.25) is 9.59 Å². The lowest BCUT2D eigenvalue weighted by Gasteiger charge is -2.11. The highest BCUT2D eigenvalue weighted by Crippen LogP contribution is 2.23. The molecule has 0 spiro atoms. The van der Waals surface area contributed by atoms with Gasteiger partial charge in [-0.05, 0) is 44.2 Å². The molecule has 0 atom stereocenters. The standard InChI is InChI=1S/C27H21N5O2/c1-17-10-12-19(13-11-17)26(33)22-8-3-4-9-23(22)27(34)28-21-7-5-6-20(16-21)24-14-15-25-30-29-18(2)32(25)31-24/h3-16H,1-2H3,(H,28,34). The first-order valence-corrected chi connectivity index (χ1v) is 10.8. The molecule has 7 nitrogen and oxygen atoms in total. The third-order valence-corrected chi connectivity index (χ3v) is 5.56. The van der Waals surface area contributed by atoms with Gasteiger partial charge in [0.05, 0.1) is 11.3 Å². The van der Waals surface area contributed by atoms with Crippen molar-refractivity contribution in [1.29, 1.82) is 0 Å². The summed E-state index contributed by atoms with van der Waals surface area (Å²) >= 11 is 0. The van der Waals surface area contributed by atoms with Crippen LogP contribution in [0.3, 0.4) is 0 Å². The number of benzene rings is 3. The number of amides is 1. The Hall–Kier alpha value is -4.65. The fourth-order valence-corrected chi connectivity index (χ4v) is 3.74. The van der Waals surface area contributed by atoms with Gasteiger partial charge in [0, 0.05) is 22.4 Å². The van der Waals surface area contributed by atoms with Crippen molar-refractivity contribution in [2.24, 2.45) is 0 Å². The van der Waals surface area contributed by atoms with Crippen molar-refractivity contribution >= 4 is 23.0 Å². The summed E-state index contributed by atoms with van der Waals surface area (Å²) in [4.78, 5) is 26.2. The second kappa shape index (κ2) is 8.71. The Morgan fingerprint density at radius 2 is 1.56 bits per heavy atom. The molecule has 0 aliphatic carbocycles. The van der Waals surface area contributed by atoms with Crippen LogP contribution in [-0.4, -0.2) is 31.5 Å². The average Bonchev–Trinajstić information content (AvgIpc) is 3.24. The van der Waals surface area contributed by atoms with E-state index in [4.69, 9.17) is 0 Å². The van der Waals surface area contributed by atoms with Crippen LogP contribution in [-0.2, 0) is 0 Å². The molecule has 166 valence electrons. The van der Waals surface area contributed by atoms with Crippen molar-refractivity contribution in [3.8, 4) is 11.3 Å². The highest BCUT2D eigenvalue weighted by Gasteiger charge is 2.18. The second-order valence-corrected chi connectivity index (χ2v) is 8.01. The predicted octanol–water partition coefficient (Wildman–Crippen LogP) is 4.89. The van der Waals surface area contributed by atoms with Gasteiger partial charge in [-0.2, -0.15) is 9.61 Å². The molecule has 0 fully saturated rings. The highest BCUT2D eigenvalue weighted by molar-refractivity contribution is 6.17. The van der Waals surface area contributed by atoms with Gasteiger partial charge in [0.1, 0.15) is 0 Å². The molecule has 3 aromatic carbocycles. The Morgan fingerprint density at radius 3 is 2.35 bits per heavy atom. The van der Waals surface area contributed by atoms with E-state index in [0.717, 1.165) is 16.8 Å². The summed E-state index contributed by atoms with van der Waals surface area (Å²) in [5.74, 6) is 0.142. The predicted molar refractivity (Wildman–Crippen MR) is 130 cm³/mol. The maximum Gasteiger partial charge on any atom is 0.256 e. The SMILES string of the molecule is Cc1ccc(C(=O)c2ccccc2C(=O)Nc2cccc(-c3ccc4nnc(C)n4n3)c2)cc1. The van der Waals surface area contributed by atoms with Gasteiger partial charge < -0.3 is 5.32 Å². The molecule has 0 radical (unpaired) electrons. The Bertz CT molecular complexity index is 1540. The Balaban J connectivity index is 1.42. The number of carbonyl (C=O) groups is 2. The van der Waals surface area contributed by atoms with Gasteiger partial charge in [-0.25, -0.2) is 0 Å². The van der Waals surface area contributed by atoms with Crippen LogP contribution in [0, 0.1) is 13.8 Å². The van der Waals surface area contributed by atoms with Crippen LogP contribution in [0.1, 0.15) is 37.7 Å². The third-order valence-electron chi connectivity index (χ3n) is 5.56. The van der Waals surface area contributed by atoms with Gasteiger partial charge in [-0.15, -0.1) is 10.2 Å². The Morgan fingerprint density at radius 1 is 0.794 bits per heavy atom. The summed E-state index contributed by atoms with van der Waals surface area (Å²) in [6, 6.07) is 25.3. The minimum atomic E-state index is -0.355. The van der Waals surface area contributed by atoms with Gasteiger partial charge in [0.15, 0.2) is 17.3 Å². The quantitative estimate of drug-likeness (QED) is 0.388. The molecule has 5 rings (SSSR count). The van der Waals surface area contributed by atoms with Crippen molar-refractivity contribution < 1.29 is 9.59 Å². The minimum Gasteiger partial charge on any atom is -0.322 e. The molecular formula is C27H21N5O2. The zero-order valence-electron chi connectivity index (χ0n) is 18.7. The van der Waals surface area contributed by atoms with E-state index in [9.17, 15) is 9.59 Å². The summed E-state index contributed by atoms with van der Waals surface area (Å²) in [6.45, 7) is 3.80. The van der Waals surface area contributed by atoms with Gasteiger partial charge >= 0.3 is 0 Å². The van der Waals surface area contributed by atoms with Gasteiger partial charge in [-0.1, -0.05) is 60.2 Å². The number of fused-ring (bicyclic) bond motifs is 1. The molecule has 0 bridgehead atoms. The van der Waals surface area contributed by atoms with Crippen molar-refractivity contribution in [3.05, 3.63) is 113 Å². The van der Waals surface area contributed by atoms with Crippen LogP contribution in [0.2, 0.25) is 0 Å². The molecule has 1 N–H and O–H groups in total. The topological polar surface area (TPSA) is 89.2 Å². The van der Waals surface area contributed by atoms with Gasteiger partial charge in [0.25, 0.3) is 5.91 Å². The van der Waals surface area contributed by atoms with E-state index >= 15 is 0 Å². The fourth-order valence-electron chi connectivity index (χ4n) is 3.74. The van der Waals surface area contributed by atoms with Crippen LogP contribution in [0.15, 0.2) is 84.9 Å². The molecular weight excluding hydrogens is 426 g/mol. The lowest BCUT2D eigenvalue weighted by Crippen LogP contribution is -2.17. The van der Waals surface area contributed by atoms with E-state index in [0.29, 0.717) is 33.8 Å². The lowest BCUT2D eigenvalue weighted by molar-refractivity contribution is 0.0996. The Labute approximate surface area is 196 Å². The average molecular weight is 447 g/mol. The molecule has 2 aromatic heterocycles. The van der Waals surface area contributed by atoms with E-state index in [1.807, 2.05) is 56.3 Å². The van der Waals surface area contributed by atoms with Crippen LogP contribution in [0.25, 0.3) is 16.9 Å². The lowest BCUT2D eigenvalue weighted by atomic mass is 9.97. The smallest absolute Gasteiger partial charge is 0.256 e. The number of aromatic nitrogens is 4. The molecule has 34 heavy (non-hydrogen) atoms. The van der Waals surface area contributed by atoms with Crippen LogP contribution in [0.4, 0.5) is 5.69 Å². The molecule has 1 amide bonds. The minimum absolute atomic E-state index is 0.193. The number of carbonyl (C=O) groups excluding carboxylic acids is 2. The maximum absolute atomic E-state index is 13.2. The molecule has 2 heterocycles. The monoisotopic (exact) mass is 447 g/mol. The maximum atomic E-state index is 13.2. The van der Waals surface area contributed by atoms with Crippen molar-refractivity contribution in [2.75, 3.05) is 5.32 Å². The van der Waals surface area contributed by atoms with Crippen molar-refractivity contribution in [2.45, 2.75) is 13.8 Å². The van der Waals surface area contributed by atoms with E-state index in [-0.39, 0.29) is 11.7 Å². The van der Waals surface area contributed by atoms with Crippen molar-refractivity contribution in [1.82, 2.24) is 19.8 Å². The molecule has 5 aromatic rings. The zero-order valence-corrected chi connectivity index (χ0v) is 18.7. The molecule has 0 saturated carbocycles. The zero-order chi connectivity index (χ0) is 23.7. The van der Waals surface area contributed by atoms with Crippen LogP contribution in [0.5, 0.6) is 0 Å². The summed E-state index contributed by atoms with van der Waals surface area (Å²) in [7, 11) is 0. The Kier molecular flexibility index (Phi) is 5.43. The molecule has 0 aliphatic rings. The number of rotatable bonds is 5. The van der Waals surface area contributed by atoms with Crippen LogP contribution >= 0.6 is 0 Å². The molecule has 0 saturated heterocycles. The highest BCUT2D eigenvalue weighted by atomic mass is 16.2. The normalized spacial score (nSPS) is 10.9. The van der Waals surface area contributed by atoms with E-state index in [1.165, 1.54) is 0 Å². The number of hydrogen-bond acceptors (Lipinski definition) is 5. The number of aryl methyl sites for hydroxylation is 2. The summed E-state index contributed by atoms with van der Waals surface area (Å²) in [5.41, 5.74) is 5.10. The first kappa shape index (κ1) is 21.2. The number of nitrogens with zero attached hydrogens (tertiary/aromatic N) is 4. The molecule has 0 aliphatic heterocycles. The molecule has 7 heteroatoms. The summed E-state index contributed by atoms with van der Waals surface area (Å²) in [6.07, 6.45) is 0. The number of hydrogen-bond donors (Lipinski definition) is 1.